The Kier molecular flexibility index (Phi) is 3.14. The number of oxazole rings is 1. The predicted octanol–water partition coefficient (Wildman–Crippen LogP) is 3.02. The Hall–Kier alpha value is -3.55. The second-order valence-electron chi connectivity index (χ2n) is 5.54. The van der Waals surface area contributed by atoms with E-state index in [1.165, 1.54) is 23.1 Å². The molecule has 1 aliphatic heterocycles. The van der Waals surface area contributed by atoms with Gasteiger partial charge in [0, 0.05) is 24.2 Å². The van der Waals surface area contributed by atoms with Gasteiger partial charge in [-0.05, 0) is 31.2 Å². The molecule has 0 atom stereocenters. The molecule has 0 saturated carbocycles. The average Bonchev–Trinajstić information content (AvgIpc) is 3.13. The Morgan fingerprint density at radius 3 is 2.60 bits per heavy atom. The van der Waals surface area contributed by atoms with Crippen LogP contribution < -0.4 is 0 Å². The summed E-state index contributed by atoms with van der Waals surface area (Å²) >= 11 is 0. The number of nitrogens with zero attached hydrogens (tertiary/aromatic N) is 3. The zero-order chi connectivity index (χ0) is 17.7. The standard InChI is InChI=1S/C17H11N3O5/c1-2-19-16(21)11-5-3-9(7-12(11)17(19)22)15-18-13-8-10(20(23)24)4-6-14(13)25-15/h3-8H,2H2,1H3. The number of amides is 2. The SMILES string of the molecule is CCN1C(=O)c2ccc(-c3nc4cc([N+](=O)[O-])ccc4o3)cc2C1=O. The van der Waals surface area contributed by atoms with Gasteiger partial charge in [-0.1, -0.05) is 0 Å². The van der Waals surface area contributed by atoms with Crippen LogP contribution in [0.5, 0.6) is 0 Å². The van der Waals surface area contributed by atoms with Crippen LogP contribution in [0.3, 0.4) is 0 Å². The minimum absolute atomic E-state index is 0.0827. The third-order valence-electron chi connectivity index (χ3n) is 4.12. The third kappa shape index (κ3) is 2.18. The summed E-state index contributed by atoms with van der Waals surface area (Å²) in [7, 11) is 0. The topological polar surface area (TPSA) is 107 Å². The van der Waals surface area contributed by atoms with Crippen molar-refractivity contribution in [3.05, 3.63) is 57.6 Å². The highest BCUT2D eigenvalue weighted by molar-refractivity contribution is 6.21. The van der Waals surface area contributed by atoms with Crippen molar-refractivity contribution in [2.75, 3.05) is 6.54 Å². The second-order valence-corrected chi connectivity index (χ2v) is 5.54. The minimum atomic E-state index is -0.507. The van der Waals surface area contributed by atoms with Crippen LogP contribution in [0.15, 0.2) is 40.8 Å². The number of non-ortho nitro benzene ring substituents is 1. The molecular formula is C17H11N3O5. The number of hydrogen-bond donors (Lipinski definition) is 0. The van der Waals surface area contributed by atoms with Crippen molar-refractivity contribution in [1.29, 1.82) is 0 Å². The lowest BCUT2D eigenvalue weighted by Gasteiger charge is -2.08. The van der Waals surface area contributed by atoms with Gasteiger partial charge in [0.15, 0.2) is 5.58 Å². The third-order valence-corrected chi connectivity index (χ3v) is 4.12. The van der Waals surface area contributed by atoms with Crippen molar-refractivity contribution in [1.82, 2.24) is 9.88 Å². The van der Waals surface area contributed by atoms with Gasteiger partial charge in [0.05, 0.1) is 16.1 Å². The quantitative estimate of drug-likeness (QED) is 0.413. The summed E-state index contributed by atoms with van der Waals surface area (Å²) in [5.41, 5.74) is 1.85. The Bertz CT molecular complexity index is 1070. The summed E-state index contributed by atoms with van der Waals surface area (Å²) in [6, 6.07) is 8.90. The number of nitro benzene ring substituents is 1. The lowest BCUT2D eigenvalue weighted by molar-refractivity contribution is -0.384. The van der Waals surface area contributed by atoms with Gasteiger partial charge >= 0.3 is 0 Å². The maximum atomic E-state index is 12.3. The first-order valence-corrected chi connectivity index (χ1v) is 7.55. The smallest absolute Gasteiger partial charge is 0.271 e. The average molecular weight is 337 g/mol. The van der Waals surface area contributed by atoms with Crippen LogP contribution in [-0.4, -0.2) is 33.2 Å². The lowest BCUT2D eigenvalue weighted by atomic mass is 10.1. The van der Waals surface area contributed by atoms with Crippen LogP contribution >= 0.6 is 0 Å². The molecule has 25 heavy (non-hydrogen) atoms. The summed E-state index contributed by atoms with van der Waals surface area (Å²) < 4.78 is 5.62. The van der Waals surface area contributed by atoms with Gasteiger partial charge in [-0.15, -0.1) is 0 Å². The second kappa shape index (κ2) is 5.23. The van der Waals surface area contributed by atoms with Gasteiger partial charge in [-0.25, -0.2) is 4.98 Å². The molecule has 0 saturated heterocycles. The normalized spacial score (nSPS) is 13.6. The van der Waals surface area contributed by atoms with Crippen molar-refractivity contribution >= 4 is 28.6 Å². The predicted molar refractivity (Wildman–Crippen MR) is 87.1 cm³/mol. The number of fused-ring (bicyclic) bond motifs is 2. The van der Waals surface area contributed by atoms with Crippen molar-refractivity contribution in [3.8, 4) is 11.5 Å². The first-order chi connectivity index (χ1) is 12.0. The molecule has 2 heterocycles. The van der Waals surface area contributed by atoms with E-state index in [-0.39, 0.29) is 23.4 Å². The van der Waals surface area contributed by atoms with Crippen LogP contribution in [0.4, 0.5) is 5.69 Å². The van der Waals surface area contributed by atoms with E-state index in [4.69, 9.17) is 4.42 Å². The van der Waals surface area contributed by atoms with Crippen molar-refractivity contribution in [2.45, 2.75) is 6.92 Å². The number of nitro groups is 1. The van der Waals surface area contributed by atoms with Crippen LogP contribution in [0.1, 0.15) is 27.6 Å². The van der Waals surface area contributed by atoms with E-state index < -0.39 is 4.92 Å². The molecule has 2 aromatic carbocycles. The zero-order valence-corrected chi connectivity index (χ0v) is 13.1. The van der Waals surface area contributed by atoms with E-state index in [9.17, 15) is 19.7 Å². The molecule has 4 rings (SSSR count). The van der Waals surface area contributed by atoms with Gasteiger partial charge in [0.2, 0.25) is 5.89 Å². The summed E-state index contributed by atoms with van der Waals surface area (Å²) in [5.74, 6) is -0.438. The van der Waals surface area contributed by atoms with E-state index >= 15 is 0 Å². The number of carbonyl (C=O) groups is 2. The summed E-state index contributed by atoms with van der Waals surface area (Å²) in [4.78, 5) is 40.2. The maximum Gasteiger partial charge on any atom is 0.271 e. The molecule has 0 aliphatic carbocycles. The van der Waals surface area contributed by atoms with E-state index in [0.717, 1.165) is 0 Å². The summed E-state index contributed by atoms with van der Waals surface area (Å²) in [5, 5.41) is 10.8. The molecule has 8 nitrogen and oxygen atoms in total. The summed E-state index contributed by atoms with van der Waals surface area (Å²) in [6.07, 6.45) is 0. The number of benzene rings is 2. The molecule has 2 amide bonds. The van der Waals surface area contributed by atoms with Crippen molar-refractivity contribution in [2.24, 2.45) is 0 Å². The van der Waals surface area contributed by atoms with Crippen LogP contribution in [0.2, 0.25) is 0 Å². The number of rotatable bonds is 3. The Morgan fingerprint density at radius 2 is 1.88 bits per heavy atom. The van der Waals surface area contributed by atoms with Crippen LogP contribution in [-0.2, 0) is 0 Å². The van der Waals surface area contributed by atoms with Gasteiger partial charge in [0.25, 0.3) is 17.5 Å². The van der Waals surface area contributed by atoms with E-state index in [1.54, 1.807) is 25.1 Å². The van der Waals surface area contributed by atoms with Crippen LogP contribution in [0, 0.1) is 10.1 Å². The largest absolute Gasteiger partial charge is 0.436 e. The number of aromatic nitrogens is 1. The van der Waals surface area contributed by atoms with Gasteiger partial charge < -0.3 is 4.42 Å². The molecule has 0 radical (unpaired) electrons. The van der Waals surface area contributed by atoms with Crippen LogP contribution in [0.25, 0.3) is 22.6 Å². The number of hydrogen-bond acceptors (Lipinski definition) is 6. The molecule has 0 spiro atoms. The Labute approximate surface area is 140 Å². The molecular weight excluding hydrogens is 326 g/mol. The molecule has 1 aromatic heterocycles. The van der Waals surface area contributed by atoms with E-state index in [1.807, 2.05) is 0 Å². The zero-order valence-electron chi connectivity index (χ0n) is 13.1. The molecule has 124 valence electrons. The Morgan fingerprint density at radius 1 is 1.12 bits per heavy atom. The highest BCUT2D eigenvalue weighted by Crippen LogP contribution is 2.31. The number of carbonyl (C=O) groups excluding carboxylic acids is 2. The molecule has 1 aliphatic rings. The molecule has 0 unspecified atom stereocenters. The Balaban J connectivity index is 1.80. The molecule has 8 heteroatoms. The molecule has 0 fully saturated rings. The van der Waals surface area contributed by atoms with Crippen molar-refractivity contribution < 1.29 is 18.9 Å². The molecule has 0 bridgehead atoms. The number of imide groups is 1. The fourth-order valence-corrected chi connectivity index (χ4v) is 2.86. The van der Waals surface area contributed by atoms with E-state index in [0.29, 0.717) is 34.3 Å². The van der Waals surface area contributed by atoms with E-state index in [2.05, 4.69) is 4.98 Å². The minimum Gasteiger partial charge on any atom is -0.436 e. The van der Waals surface area contributed by atoms with Gasteiger partial charge in [-0.2, -0.15) is 0 Å². The van der Waals surface area contributed by atoms with Gasteiger partial charge in [0.1, 0.15) is 5.52 Å². The first kappa shape index (κ1) is 15.0. The first-order valence-electron chi connectivity index (χ1n) is 7.55. The maximum absolute atomic E-state index is 12.3. The summed E-state index contributed by atoms with van der Waals surface area (Å²) in [6.45, 7) is 2.03. The molecule has 3 aromatic rings. The highest BCUT2D eigenvalue weighted by atomic mass is 16.6. The molecule has 0 N–H and O–H groups in total. The van der Waals surface area contributed by atoms with Crippen molar-refractivity contribution in [3.63, 3.8) is 0 Å². The lowest BCUT2D eigenvalue weighted by Crippen LogP contribution is -2.29. The fourth-order valence-electron chi connectivity index (χ4n) is 2.86. The fraction of sp³-hybridized carbons (Fsp3) is 0.118. The van der Waals surface area contributed by atoms with Gasteiger partial charge in [-0.3, -0.25) is 24.6 Å². The monoisotopic (exact) mass is 337 g/mol. The highest BCUT2D eigenvalue weighted by Gasteiger charge is 2.34.